The summed E-state index contributed by atoms with van der Waals surface area (Å²) in [5.41, 5.74) is 1.24. The molecule has 5 rings (SSSR count). The van der Waals surface area contributed by atoms with Crippen LogP contribution in [0.25, 0.3) is 0 Å². The Morgan fingerprint density at radius 3 is 2.21 bits per heavy atom. The van der Waals surface area contributed by atoms with Crippen molar-refractivity contribution in [3.05, 3.63) is 35.9 Å². The highest BCUT2D eigenvalue weighted by Gasteiger charge is 2.51. The summed E-state index contributed by atoms with van der Waals surface area (Å²) in [7, 11) is 0. The fourth-order valence-corrected chi connectivity index (χ4v) is 6.09. The number of hydrogen-bond donors (Lipinski definition) is 3. The van der Waals surface area contributed by atoms with Gasteiger partial charge in [0.1, 0.15) is 0 Å². The van der Waals surface area contributed by atoms with Crippen LogP contribution in [0.1, 0.15) is 63.4 Å². The van der Waals surface area contributed by atoms with Gasteiger partial charge in [-0.15, -0.1) is 0 Å². The maximum Gasteiger partial charge on any atom is 0.315 e. The first-order chi connectivity index (χ1) is 13.5. The smallest absolute Gasteiger partial charge is 0.315 e. The van der Waals surface area contributed by atoms with Crippen LogP contribution in [0, 0.1) is 17.8 Å². The maximum absolute atomic E-state index is 12.4. The zero-order chi connectivity index (χ0) is 19.6. The Balaban J connectivity index is 1.15. The van der Waals surface area contributed by atoms with E-state index < -0.39 is 0 Å². The lowest BCUT2D eigenvalue weighted by Gasteiger charge is -2.56. The Hall–Kier alpha value is -2.04. The van der Waals surface area contributed by atoms with E-state index in [1.807, 2.05) is 18.2 Å². The second kappa shape index (κ2) is 8.14. The summed E-state index contributed by atoms with van der Waals surface area (Å²) in [5, 5.41) is 9.16. The lowest BCUT2D eigenvalue weighted by molar-refractivity contribution is -0.121. The van der Waals surface area contributed by atoms with Crippen molar-refractivity contribution in [1.29, 1.82) is 0 Å². The van der Waals surface area contributed by atoms with Crippen molar-refractivity contribution in [1.82, 2.24) is 16.0 Å². The Morgan fingerprint density at radius 2 is 1.61 bits per heavy atom. The standard InChI is InChI=1S/C23H33N3O2/c1-16(20-5-3-2-4-6-20)15-25-21(27)7-8-24-22(28)26-23-12-17-9-18(13-23)11-19(10-17)14-23/h2-6,16-19H,7-15H2,1H3,(H,25,27)(H2,24,26,28). The largest absolute Gasteiger partial charge is 0.355 e. The summed E-state index contributed by atoms with van der Waals surface area (Å²) in [4.78, 5) is 24.5. The van der Waals surface area contributed by atoms with E-state index in [2.05, 4.69) is 35.0 Å². The van der Waals surface area contributed by atoms with E-state index in [4.69, 9.17) is 0 Å². The molecule has 3 amide bonds. The minimum absolute atomic E-state index is 0.0158. The Morgan fingerprint density at radius 1 is 1.00 bits per heavy atom. The van der Waals surface area contributed by atoms with Crippen LogP contribution in [0.2, 0.25) is 0 Å². The van der Waals surface area contributed by atoms with Crippen molar-refractivity contribution >= 4 is 11.9 Å². The van der Waals surface area contributed by atoms with E-state index in [0.717, 1.165) is 37.0 Å². The predicted molar refractivity (Wildman–Crippen MR) is 110 cm³/mol. The topological polar surface area (TPSA) is 70.2 Å². The fourth-order valence-electron chi connectivity index (χ4n) is 6.09. The van der Waals surface area contributed by atoms with Gasteiger partial charge < -0.3 is 16.0 Å². The van der Waals surface area contributed by atoms with E-state index in [-0.39, 0.29) is 23.4 Å². The van der Waals surface area contributed by atoms with Gasteiger partial charge in [0.25, 0.3) is 0 Å². The number of benzene rings is 1. The molecule has 152 valence electrons. The van der Waals surface area contributed by atoms with Crippen molar-refractivity contribution in [3.8, 4) is 0 Å². The molecule has 5 heteroatoms. The van der Waals surface area contributed by atoms with Crippen LogP contribution >= 0.6 is 0 Å². The van der Waals surface area contributed by atoms with E-state index in [1.165, 1.54) is 24.8 Å². The van der Waals surface area contributed by atoms with Crippen molar-refractivity contribution in [2.45, 2.75) is 63.3 Å². The number of carbonyl (C=O) groups is 2. The Bertz CT molecular complexity index is 668. The molecule has 0 radical (unpaired) electrons. The summed E-state index contributed by atoms with van der Waals surface area (Å²) in [6, 6.07) is 10.1. The molecule has 0 heterocycles. The zero-order valence-corrected chi connectivity index (χ0v) is 16.9. The molecule has 4 fully saturated rings. The molecule has 1 unspecified atom stereocenters. The van der Waals surface area contributed by atoms with E-state index >= 15 is 0 Å². The minimum atomic E-state index is -0.104. The zero-order valence-electron chi connectivity index (χ0n) is 16.9. The highest BCUT2D eigenvalue weighted by molar-refractivity contribution is 5.78. The lowest BCUT2D eigenvalue weighted by Crippen LogP contribution is -2.61. The first-order valence-electron chi connectivity index (χ1n) is 10.9. The number of rotatable bonds is 7. The monoisotopic (exact) mass is 383 g/mol. The third kappa shape index (κ3) is 4.50. The number of carbonyl (C=O) groups excluding carboxylic acids is 2. The van der Waals surface area contributed by atoms with Gasteiger partial charge >= 0.3 is 6.03 Å². The summed E-state index contributed by atoms with van der Waals surface area (Å²) in [6.45, 7) is 3.10. The summed E-state index contributed by atoms with van der Waals surface area (Å²) in [5.74, 6) is 2.69. The van der Waals surface area contributed by atoms with Gasteiger partial charge in [-0.05, 0) is 67.8 Å². The quantitative estimate of drug-likeness (QED) is 0.674. The summed E-state index contributed by atoms with van der Waals surface area (Å²) < 4.78 is 0. The number of hydrogen-bond acceptors (Lipinski definition) is 2. The van der Waals surface area contributed by atoms with E-state index in [0.29, 0.717) is 19.5 Å². The number of urea groups is 1. The first-order valence-corrected chi connectivity index (χ1v) is 10.9. The van der Waals surface area contributed by atoms with Crippen molar-refractivity contribution in [2.75, 3.05) is 13.1 Å². The molecular weight excluding hydrogens is 350 g/mol. The molecule has 1 aromatic carbocycles. The lowest BCUT2D eigenvalue weighted by atomic mass is 9.53. The SMILES string of the molecule is CC(CNC(=O)CCNC(=O)NC12CC3CC(CC(C3)C1)C2)c1ccccc1. The van der Waals surface area contributed by atoms with Crippen molar-refractivity contribution in [2.24, 2.45) is 17.8 Å². The Kier molecular flexibility index (Phi) is 5.61. The molecule has 1 aromatic rings. The van der Waals surface area contributed by atoms with Gasteiger partial charge in [0.2, 0.25) is 5.91 Å². The molecule has 0 aromatic heterocycles. The van der Waals surface area contributed by atoms with Gasteiger partial charge in [0.05, 0.1) is 0 Å². The van der Waals surface area contributed by atoms with Gasteiger partial charge in [0, 0.05) is 25.0 Å². The van der Waals surface area contributed by atoms with E-state index in [9.17, 15) is 9.59 Å². The fraction of sp³-hybridized carbons (Fsp3) is 0.652. The molecule has 4 saturated carbocycles. The molecule has 3 N–H and O–H groups in total. The average molecular weight is 384 g/mol. The third-order valence-corrected chi connectivity index (χ3v) is 7.03. The second-order valence-corrected chi connectivity index (χ2v) is 9.44. The van der Waals surface area contributed by atoms with Crippen LogP contribution in [0.4, 0.5) is 4.79 Å². The van der Waals surface area contributed by atoms with Crippen LogP contribution in [-0.4, -0.2) is 30.6 Å². The third-order valence-electron chi connectivity index (χ3n) is 7.03. The normalized spacial score (nSPS) is 31.2. The molecule has 28 heavy (non-hydrogen) atoms. The molecule has 4 bridgehead atoms. The maximum atomic E-state index is 12.4. The molecular formula is C23H33N3O2. The first kappa shape index (κ1) is 19.3. The molecule has 4 aliphatic carbocycles. The molecule has 4 aliphatic rings. The highest BCUT2D eigenvalue weighted by Crippen LogP contribution is 2.55. The highest BCUT2D eigenvalue weighted by atomic mass is 16.2. The molecule has 1 atom stereocenters. The predicted octanol–water partition coefficient (Wildman–Crippen LogP) is 3.56. The summed E-state index contributed by atoms with van der Waals surface area (Å²) >= 11 is 0. The molecule has 0 saturated heterocycles. The van der Waals surface area contributed by atoms with E-state index in [1.54, 1.807) is 0 Å². The van der Waals surface area contributed by atoms with Crippen molar-refractivity contribution in [3.63, 3.8) is 0 Å². The van der Waals surface area contributed by atoms with Gasteiger partial charge in [-0.25, -0.2) is 4.79 Å². The van der Waals surface area contributed by atoms with Crippen LogP contribution in [0.15, 0.2) is 30.3 Å². The Labute approximate surface area is 168 Å². The molecule has 0 aliphatic heterocycles. The van der Waals surface area contributed by atoms with Gasteiger partial charge in [-0.2, -0.15) is 0 Å². The van der Waals surface area contributed by atoms with Crippen molar-refractivity contribution < 1.29 is 9.59 Å². The molecule has 0 spiro atoms. The second-order valence-electron chi connectivity index (χ2n) is 9.44. The van der Waals surface area contributed by atoms with Gasteiger partial charge in [0.15, 0.2) is 0 Å². The van der Waals surface area contributed by atoms with Crippen LogP contribution in [0.5, 0.6) is 0 Å². The molecule has 5 nitrogen and oxygen atoms in total. The van der Waals surface area contributed by atoms with Crippen LogP contribution in [-0.2, 0) is 4.79 Å². The summed E-state index contributed by atoms with van der Waals surface area (Å²) in [6.07, 6.45) is 7.84. The van der Waals surface area contributed by atoms with Crippen LogP contribution < -0.4 is 16.0 Å². The average Bonchev–Trinajstić information content (AvgIpc) is 2.65. The number of nitrogens with one attached hydrogen (secondary N) is 3. The van der Waals surface area contributed by atoms with Crippen LogP contribution in [0.3, 0.4) is 0 Å². The van der Waals surface area contributed by atoms with Gasteiger partial charge in [-0.1, -0.05) is 37.3 Å². The minimum Gasteiger partial charge on any atom is -0.355 e. The number of amides is 3. The van der Waals surface area contributed by atoms with Gasteiger partial charge in [-0.3, -0.25) is 4.79 Å².